The third kappa shape index (κ3) is 12.6. The highest BCUT2D eigenvalue weighted by Crippen LogP contribution is 2.14. The molecule has 3 heteroatoms. The van der Waals surface area contributed by atoms with Gasteiger partial charge in [0.05, 0.1) is 12.4 Å². The summed E-state index contributed by atoms with van der Waals surface area (Å²) in [5.41, 5.74) is 0. The van der Waals surface area contributed by atoms with Gasteiger partial charge >= 0.3 is 0 Å². The predicted octanol–water partition coefficient (Wildman–Crippen LogP) is 6.12. The molecular formula is C21H40N2O. The summed E-state index contributed by atoms with van der Waals surface area (Å²) < 4.78 is 2.15. The molecular weight excluding hydrogens is 296 g/mol. The van der Waals surface area contributed by atoms with Crippen molar-refractivity contribution in [2.75, 3.05) is 0 Å². The number of aromatic nitrogens is 2. The van der Waals surface area contributed by atoms with Gasteiger partial charge in [0.1, 0.15) is 0 Å². The van der Waals surface area contributed by atoms with Gasteiger partial charge in [-0.1, -0.05) is 84.0 Å². The van der Waals surface area contributed by atoms with Crippen LogP contribution in [0.5, 0.6) is 0 Å². The maximum Gasteiger partial charge on any atom is 0.0945 e. The van der Waals surface area contributed by atoms with Gasteiger partial charge in [-0.15, -0.1) is 0 Å². The highest BCUT2D eigenvalue weighted by Gasteiger charge is 2.03. The van der Waals surface area contributed by atoms with Crippen LogP contribution < -0.4 is 0 Å². The lowest BCUT2D eigenvalue weighted by Crippen LogP contribution is -2.05. The van der Waals surface area contributed by atoms with Crippen LogP contribution in [0.3, 0.4) is 0 Å². The molecule has 0 aliphatic rings. The van der Waals surface area contributed by atoms with Crippen LogP contribution in [-0.4, -0.2) is 20.8 Å². The second kappa shape index (κ2) is 15.7. The lowest BCUT2D eigenvalue weighted by atomic mass is 10.0. The van der Waals surface area contributed by atoms with Crippen molar-refractivity contribution in [2.45, 2.75) is 116 Å². The van der Waals surface area contributed by atoms with E-state index in [-0.39, 0.29) is 6.10 Å². The molecule has 140 valence electrons. The van der Waals surface area contributed by atoms with Crippen molar-refractivity contribution in [1.82, 2.24) is 9.55 Å². The molecule has 0 fully saturated rings. The summed E-state index contributed by atoms with van der Waals surface area (Å²) in [4.78, 5) is 4.06. The topological polar surface area (TPSA) is 38.0 Å². The molecule has 0 aliphatic heterocycles. The fourth-order valence-corrected chi connectivity index (χ4v) is 3.28. The minimum Gasteiger partial charge on any atom is -0.393 e. The van der Waals surface area contributed by atoms with Crippen LogP contribution in [0.2, 0.25) is 0 Å². The Morgan fingerprint density at radius 2 is 1.33 bits per heavy atom. The fraction of sp³-hybridized carbons (Fsp3) is 0.857. The molecule has 1 aromatic rings. The number of hydrogen-bond acceptors (Lipinski definition) is 2. The third-order valence-electron chi connectivity index (χ3n) is 4.90. The van der Waals surface area contributed by atoms with Gasteiger partial charge in [-0.3, -0.25) is 0 Å². The molecule has 0 spiro atoms. The first-order valence-electron chi connectivity index (χ1n) is 10.5. The molecule has 1 aromatic heterocycles. The molecule has 0 aliphatic carbocycles. The molecule has 0 saturated carbocycles. The molecule has 0 radical (unpaired) electrons. The van der Waals surface area contributed by atoms with Crippen LogP contribution >= 0.6 is 0 Å². The minimum absolute atomic E-state index is 0.0538. The van der Waals surface area contributed by atoms with E-state index in [0.29, 0.717) is 0 Å². The van der Waals surface area contributed by atoms with Crippen LogP contribution in [0.15, 0.2) is 18.7 Å². The van der Waals surface area contributed by atoms with Crippen LogP contribution in [0.1, 0.15) is 103 Å². The monoisotopic (exact) mass is 336 g/mol. The zero-order valence-electron chi connectivity index (χ0n) is 16.0. The molecule has 24 heavy (non-hydrogen) atoms. The van der Waals surface area contributed by atoms with E-state index < -0.39 is 0 Å². The Labute approximate surface area is 149 Å². The molecule has 1 heterocycles. The minimum atomic E-state index is -0.0538. The lowest BCUT2D eigenvalue weighted by Gasteiger charge is -2.10. The normalized spacial score (nSPS) is 12.6. The zero-order valence-corrected chi connectivity index (χ0v) is 16.0. The smallest absolute Gasteiger partial charge is 0.0945 e. The summed E-state index contributed by atoms with van der Waals surface area (Å²) >= 11 is 0. The van der Waals surface area contributed by atoms with Gasteiger partial charge in [-0.2, -0.15) is 0 Å². The van der Waals surface area contributed by atoms with Crippen LogP contribution in [0, 0.1) is 0 Å². The van der Waals surface area contributed by atoms with E-state index in [0.717, 1.165) is 19.4 Å². The molecule has 0 bridgehead atoms. The highest BCUT2D eigenvalue weighted by molar-refractivity contribution is 4.73. The zero-order chi connectivity index (χ0) is 17.3. The Kier molecular flexibility index (Phi) is 13.9. The summed E-state index contributed by atoms with van der Waals surface area (Å²) in [5, 5.41) is 10.0. The van der Waals surface area contributed by atoms with Gasteiger partial charge in [-0.25, -0.2) is 4.98 Å². The molecule has 1 rings (SSSR count). The molecule has 3 nitrogen and oxygen atoms in total. The molecule has 1 atom stereocenters. The standard InChI is InChI=1S/C21H40N2O/c1-2-3-4-5-6-9-12-15-21(24)16-13-10-7-8-11-14-18-23-19-17-22-20-23/h17,19-21,24H,2-16,18H2,1H3. The average Bonchev–Trinajstić information content (AvgIpc) is 3.10. The first-order chi connectivity index (χ1) is 11.8. The summed E-state index contributed by atoms with van der Waals surface area (Å²) in [5.74, 6) is 0. The van der Waals surface area contributed by atoms with Gasteiger partial charge in [0.15, 0.2) is 0 Å². The van der Waals surface area contributed by atoms with E-state index in [1.165, 1.54) is 83.5 Å². The number of hydrogen-bond donors (Lipinski definition) is 1. The van der Waals surface area contributed by atoms with Gasteiger partial charge in [0, 0.05) is 18.9 Å². The Balaban J connectivity index is 1.76. The Hall–Kier alpha value is -0.830. The van der Waals surface area contributed by atoms with Crippen LogP contribution in [-0.2, 0) is 6.54 Å². The van der Waals surface area contributed by atoms with Gasteiger partial charge in [-0.05, 0) is 19.3 Å². The number of aliphatic hydroxyl groups is 1. The molecule has 1 N–H and O–H groups in total. The van der Waals surface area contributed by atoms with E-state index in [2.05, 4.69) is 16.5 Å². The van der Waals surface area contributed by atoms with E-state index in [4.69, 9.17) is 0 Å². The summed E-state index contributed by atoms with van der Waals surface area (Å²) in [7, 11) is 0. The third-order valence-corrected chi connectivity index (χ3v) is 4.90. The van der Waals surface area contributed by atoms with Crippen LogP contribution in [0.25, 0.3) is 0 Å². The Morgan fingerprint density at radius 1 is 0.792 bits per heavy atom. The van der Waals surface area contributed by atoms with E-state index in [1.807, 2.05) is 18.7 Å². The van der Waals surface area contributed by atoms with Crippen molar-refractivity contribution in [1.29, 1.82) is 0 Å². The SMILES string of the molecule is CCCCCCCCCC(O)CCCCCCCCn1ccnc1. The maximum atomic E-state index is 10.0. The van der Waals surface area contributed by atoms with Crippen molar-refractivity contribution in [3.05, 3.63) is 18.7 Å². The Bertz CT molecular complexity index is 351. The van der Waals surface area contributed by atoms with E-state index in [1.54, 1.807) is 0 Å². The largest absolute Gasteiger partial charge is 0.393 e. The first kappa shape index (κ1) is 21.2. The first-order valence-corrected chi connectivity index (χ1v) is 10.5. The maximum absolute atomic E-state index is 10.0. The summed E-state index contributed by atoms with van der Waals surface area (Å²) in [6, 6.07) is 0. The molecule has 0 amide bonds. The highest BCUT2D eigenvalue weighted by atomic mass is 16.3. The number of aliphatic hydroxyl groups excluding tert-OH is 1. The lowest BCUT2D eigenvalue weighted by molar-refractivity contribution is 0.147. The van der Waals surface area contributed by atoms with Crippen molar-refractivity contribution in [2.24, 2.45) is 0 Å². The summed E-state index contributed by atoms with van der Waals surface area (Å²) in [6.07, 6.45) is 24.7. The van der Waals surface area contributed by atoms with Crippen molar-refractivity contribution < 1.29 is 5.11 Å². The van der Waals surface area contributed by atoms with Crippen molar-refractivity contribution in [3.8, 4) is 0 Å². The van der Waals surface area contributed by atoms with Gasteiger partial charge < -0.3 is 9.67 Å². The predicted molar refractivity (Wildman–Crippen MR) is 103 cm³/mol. The summed E-state index contributed by atoms with van der Waals surface area (Å²) in [6.45, 7) is 3.36. The second-order valence-electron chi connectivity index (χ2n) is 7.27. The average molecular weight is 337 g/mol. The van der Waals surface area contributed by atoms with Crippen LogP contribution in [0.4, 0.5) is 0 Å². The number of rotatable bonds is 17. The number of imidazole rings is 1. The van der Waals surface area contributed by atoms with Crippen molar-refractivity contribution in [3.63, 3.8) is 0 Å². The Morgan fingerprint density at radius 3 is 1.88 bits per heavy atom. The number of unbranched alkanes of at least 4 members (excludes halogenated alkanes) is 11. The van der Waals surface area contributed by atoms with E-state index >= 15 is 0 Å². The van der Waals surface area contributed by atoms with Crippen molar-refractivity contribution >= 4 is 0 Å². The number of aryl methyl sites for hydroxylation is 1. The quantitative estimate of drug-likeness (QED) is 0.348. The van der Waals surface area contributed by atoms with Gasteiger partial charge in [0.25, 0.3) is 0 Å². The van der Waals surface area contributed by atoms with Gasteiger partial charge in [0.2, 0.25) is 0 Å². The molecule has 0 aromatic carbocycles. The molecule has 0 saturated heterocycles. The number of nitrogens with zero attached hydrogens (tertiary/aromatic N) is 2. The fourth-order valence-electron chi connectivity index (χ4n) is 3.28. The van der Waals surface area contributed by atoms with E-state index in [9.17, 15) is 5.11 Å². The second-order valence-corrected chi connectivity index (χ2v) is 7.27. The molecule has 1 unspecified atom stereocenters.